The molecule has 3 aromatic carbocycles. The first-order chi connectivity index (χ1) is 12.2. The number of hydrogen-bond donors (Lipinski definition) is 1. The maximum atomic E-state index is 12.9. The zero-order valence-electron chi connectivity index (χ0n) is 14.0. The van der Waals surface area contributed by atoms with E-state index in [2.05, 4.69) is 0 Å². The van der Waals surface area contributed by atoms with Crippen LogP contribution in [0, 0.1) is 0 Å². The van der Waals surface area contributed by atoms with E-state index in [1.54, 1.807) is 7.11 Å². The van der Waals surface area contributed by atoms with Gasteiger partial charge in [-0.25, -0.2) is 0 Å². The van der Waals surface area contributed by atoms with E-state index in [1.807, 2.05) is 60.7 Å². The molecule has 0 radical (unpaired) electrons. The van der Waals surface area contributed by atoms with Crippen LogP contribution in [0.3, 0.4) is 0 Å². The first kappa shape index (κ1) is 15.5. The van der Waals surface area contributed by atoms with Crippen molar-refractivity contribution in [1.82, 2.24) is 0 Å². The number of fused-ring (bicyclic) bond motifs is 2. The van der Waals surface area contributed by atoms with Crippen molar-refractivity contribution in [3.63, 3.8) is 0 Å². The van der Waals surface area contributed by atoms with Gasteiger partial charge >= 0.3 is 0 Å². The Morgan fingerprint density at radius 2 is 1.88 bits per heavy atom. The number of aliphatic hydroxyl groups excluding tert-OH is 1. The van der Waals surface area contributed by atoms with E-state index in [1.165, 1.54) is 0 Å². The fraction of sp³-hybridized carbons (Fsp3) is 0.136. The van der Waals surface area contributed by atoms with Gasteiger partial charge in [0.15, 0.2) is 5.78 Å². The van der Waals surface area contributed by atoms with Crippen molar-refractivity contribution in [3.05, 3.63) is 83.1 Å². The molecule has 0 atom stereocenters. The Morgan fingerprint density at radius 1 is 1.08 bits per heavy atom. The number of ether oxygens (including phenoxy) is 1. The third kappa shape index (κ3) is 2.68. The lowest BCUT2D eigenvalue weighted by atomic mass is 9.95. The van der Waals surface area contributed by atoms with E-state index in [4.69, 9.17) is 4.74 Å². The zero-order chi connectivity index (χ0) is 17.4. The molecular weight excluding hydrogens is 312 g/mol. The standard InChI is InChI=1S/C22H18O3/c1-25-17-9-10-19-16(11-17)13-21(24)22(19)20(23)12-15-7-4-6-14-5-2-3-8-18(14)15/h2-11,24H,12-13H2,1H3. The van der Waals surface area contributed by atoms with E-state index in [9.17, 15) is 9.90 Å². The van der Waals surface area contributed by atoms with Gasteiger partial charge in [0.05, 0.1) is 12.7 Å². The van der Waals surface area contributed by atoms with Gasteiger partial charge in [-0.15, -0.1) is 0 Å². The highest BCUT2D eigenvalue weighted by molar-refractivity contribution is 6.23. The highest BCUT2D eigenvalue weighted by Crippen LogP contribution is 2.35. The van der Waals surface area contributed by atoms with Crippen molar-refractivity contribution in [2.24, 2.45) is 0 Å². The summed E-state index contributed by atoms with van der Waals surface area (Å²) in [5, 5.41) is 12.5. The maximum absolute atomic E-state index is 12.9. The molecule has 0 aliphatic heterocycles. The van der Waals surface area contributed by atoms with Crippen molar-refractivity contribution in [3.8, 4) is 5.75 Å². The first-order valence-electron chi connectivity index (χ1n) is 8.26. The summed E-state index contributed by atoms with van der Waals surface area (Å²) >= 11 is 0. The van der Waals surface area contributed by atoms with Crippen molar-refractivity contribution >= 4 is 22.1 Å². The van der Waals surface area contributed by atoms with Crippen molar-refractivity contribution in [2.75, 3.05) is 7.11 Å². The van der Waals surface area contributed by atoms with E-state index < -0.39 is 0 Å². The molecule has 0 heterocycles. The van der Waals surface area contributed by atoms with E-state index in [0.717, 1.165) is 33.2 Å². The van der Waals surface area contributed by atoms with Crippen LogP contribution in [0.2, 0.25) is 0 Å². The number of allylic oxidation sites excluding steroid dienone is 2. The SMILES string of the molecule is COc1ccc2c(c1)CC(O)=C2C(=O)Cc1cccc2ccccc12. The Bertz CT molecular complexity index is 1010. The second-order valence-corrected chi connectivity index (χ2v) is 6.26. The molecule has 0 saturated heterocycles. The van der Waals surface area contributed by atoms with Crippen LogP contribution in [0.25, 0.3) is 16.3 Å². The van der Waals surface area contributed by atoms with Gasteiger partial charge < -0.3 is 9.84 Å². The number of aliphatic hydroxyl groups is 1. The number of benzene rings is 3. The molecule has 1 aliphatic carbocycles. The molecule has 25 heavy (non-hydrogen) atoms. The van der Waals surface area contributed by atoms with Crippen LogP contribution in [-0.4, -0.2) is 18.0 Å². The Balaban J connectivity index is 1.69. The molecule has 3 aromatic rings. The lowest BCUT2D eigenvalue weighted by Gasteiger charge is -2.09. The second kappa shape index (κ2) is 6.10. The summed E-state index contributed by atoms with van der Waals surface area (Å²) in [6.07, 6.45) is 0.648. The van der Waals surface area contributed by atoms with Crippen LogP contribution in [-0.2, 0) is 17.6 Å². The molecule has 0 aromatic heterocycles. The highest BCUT2D eigenvalue weighted by atomic mass is 16.5. The Morgan fingerprint density at radius 3 is 2.72 bits per heavy atom. The zero-order valence-corrected chi connectivity index (χ0v) is 14.0. The van der Waals surface area contributed by atoms with Gasteiger partial charge in [0.2, 0.25) is 0 Å². The van der Waals surface area contributed by atoms with Crippen LogP contribution >= 0.6 is 0 Å². The summed E-state index contributed by atoms with van der Waals surface area (Å²) in [6.45, 7) is 0. The van der Waals surface area contributed by atoms with Gasteiger partial charge in [-0.05, 0) is 39.6 Å². The molecule has 124 valence electrons. The fourth-order valence-electron chi connectivity index (χ4n) is 3.53. The van der Waals surface area contributed by atoms with Crippen LogP contribution in [0.5, 0.6) is 5.75 Å². The molecule has 0 spiro atoms. The second-order valence-electron chi connectivity index (χ2n) is 6.26. The molecule has 0 fully saturated rings. The van der Waals surface area contributed by atoms with Crippen LogP contribution < -0.4 is 4.74 Å². The van der Waals surface area contributed by atoms with Gasteiger partial charge in [0.25, 0.3) is 0 Å². The summed E-state index contributed by atoms with van der Waals surface area (Å²) in [4.78, 5) is 12.9. The number of carbonyl (C=O) groups excluding carboxylic acids is 1. The maximum Gasteiger partial charge on any atom is 0.171 e. The van der Waals surface area contributed by atoms with E-state index >= 15 is 0 Å². The van der Waals surface area contributed by atoms with Crippen LogP contribution in [0.4, 0.5) is 0 Å². The molecule has 0 saturated carbocycles. The fourth-order valence-corrected chi connectivity index (χ4v) is 3.53. The van der Waals surface area contributed by atoms with Crippen molar-refractivity contribution in [1.29, 1.82) is 0 Å². The smallest absolute Gasteiger partial charge is 0.171 e. The molecule has 1 aliphatic rings. The number of Topliss-reactive ketones (excluding diaryl/α,β-unsaturated/α-hetero) is 1. The summed E-state index contributed by atoms with van der Waals surface area (Å²) in [5.41, 5.74) is 3.15. The molecule has 3 nitrogen and oxygen atoms in total. The first-order valence-corrected chi connectivity index (χ1v) is 8.26. The number of rotatable bonds is 4. The Hall–Kier alpha value is -3.07. The largest absolute Gasteiger partial charge is 0.511 e. The van der Waals surface area contributed by atoms with E-state index in [0.29, 0.717) is 12.0 Å². The minimum Gasteiger partial charge on any atom is -0.511 e. The molecular formula is C22H18O3. The topological polar surface area (TPSA) is 46.5 Å². The molecule has 3 heteroatoms. The number of methoxy groups -OCH3 is 1. The number of carbonyl (C=O) groups is 1. The number of hydrogen-bond acceptors (Lipinski definition) is 3. The molecule has 4 rings (SSSR count). The highest BCUT2D eigenvalue weighted by Gasteiger charge is 2.27. The van der Waals surface area contributed by atoms with Crippen molar-refractivity contribution in [2.45, 2.75) is 12.8 Å². The Kier molecular flexibility index (Phi) is 3.77. The molecule has 0 bridgehead atoms. The van der Waals surface area contributed by atoms with Crippen molar-refractivity contribution < 1.29 is 14.6 Å². The van der Waals surface area contributed by atoms with E-state index in [-0.39, 0.29) is 18.0 Å². The van der Waals surface area contributed by atoms with Gasteiger partial charge in [-0.2, -0.15) is 0 Å². The summed E-state index contributed by atoms with van der Waals surface area (Å²) < 4.78 is 5.23. The minimum absolute atomic E-state index is 0.0576. The molecule has 0 unspecified atom stereocenters. The lowest BCUT2D eigenvalue weighted by molar-refractivity contribution is -0.113. The normalized spacial score (nSPS) is 13.2. The third-order valence-electron chi connectivity index (χ3n) is 4.74. The predicted octanol–water partition coefficient (Wildman–Crippen LogP) is 4.49. The summed E-state index contributed by atoms with van der Waals surface area (Å²) in [7, 11) is 1.61. The number of ketones is 1. The monoisotopic (exact) mass is 330 g/mol. The average molecular weight is 330 g/mol. The summed E-state index contributed by atoms with van der Waals surface area (Å²) in [5.74, 6) is 0.820. The minimum atomic E-state index is -0.0576. The average Bonchev–Trinajstić information content (AvgIpc) is 2.96. The lowest BCUT2D eigenvalue weighted by Crippen LogP contribution is -2.07. The molecule has 1 N–H and O–H groups in total. The quantitative estimate of drug-likeness (QED) is 0.767. The van der Waals surface area contributed by atoms with Gasteiger partial charge in [0, 0.05) is 12.8 Å². The van der Waals surface area contributed by atoms with Crippen LogP contribution in [0.1, 0.15) is 16.7 Å². The predicted molar refractivity (Wildman–Crippen MR) is 98.9 cm³/mol. The third-order valence-corrected chi connectivity index (χ3v) is 4.74. The molecule has 0 amide bonds. The van der Waals surface area contributed by atoms with Gasteiger partial charge in [-0.3, -0.25) is 4.79 Å². The van der Waals surface area contributed by atoms with Gasteiger partial charge in [0.1, 0.15) is 11.5 Å². The van der Waals surface area contributed by atoms with Gasteiger partial charge in [-0.1, -0.05) is 48.5 Å². The summed E-state index contributed by atoms with van der Waals surface area (Å²) in [6, 6.07) is 19.6. The Labute approximate surface area is 146 Å². The van der Waals surface area contributed by atoms with Crippen LogP contribution in [0.15, 0.2) is 66.4 Å².